The van der Waals surface area contributed by atoms with Gasteiger partial charge in [0.2, 0.25) is 0 Å². The lowest BCUT2D eigenvalue weighted by molar-refractivity contribution is -0.139. The zero-order valence-corrected chi connectivity index (χ0v) is 11.4. The summed E-state index contributed by atoms with van der Waals surface area (Å²) in [5.74, 6) is -1.47. The first-order chi connectivity index (χ1) is 7.13. The van der Waals surface area contributed by atoms with Crippen molar-refractivity contribution in [3.8, 4) is 0 Å². The van der Waals surface area contributed by atoms with Gasteiger partial charge in [-0.3, -0.25) is 9.00 Å². The van der Waals surface area contributed by atoms with Crippen molar-refractivity contribution in [2.45, 2.75) is 31.9 Å². The molecule has 16 heavy (non-hydrogen) atoms. The van der Waals surface area contributed by atoms with Gasteiger partial charge in [0, 0.05) is 22.3 Å². The molecule has 1 N–H and O–H groups in total. The predicted octanol–water partition coefficient (Wildman–Crippen LogP) is 0.423. The van der Waals surface area contributed by atoms with E-state index in [4.69, 9.17) is 5.11 Å². The number of hydrogen-bond donors (Lipinski definition) is 1. The van der Waals surface area contributed by atoms with Crippen molar-refractivity contribution in [3.63, 3.8) is 0 Å². The number of hydrogen-bond acceptors (Lipinski definition) is 4. The van der Waals surface area contributed by atoms with Crippen molar-refractivity contribution in [3.05, 3.63) is 0 Å². The fourth-order valence-corrected chi connectivity index (χ4v) is 4.12. The van der Waals surface area contributed by atoms with E-state index >= 15 is 0 Å². The van der Waals surface area contributed by atoms with E-state index in [-0.39, 0.29) is 17.3 Å². The minimum absolute atomic E-state index is 0.0533. The van der Waals surface area contributed by atoms with E-state index in [0.717, 1.165) is 0 Å². The van der Waals surface area contributed by atoms with Crippen LogP contribution < -0.4 is 0 Å². The highest BCUT2D eigenvalue weighted by Crippen LogP contribution is 2.13. The molecule has 0 spiro atoms. The third-order valence-corrected chi connectivity index (χ3v) is 6.18. The smallest absolute Gasteiger partial charge is 0.321 e. The van der Waals surface area contributed by atoms with Gasteiger partial charge in [0.1, 0.15) is 4.75 Å². The third kappa shape index (κ3) is 4.61. The molecule has 0 aromatic rings. The van der Waals surface area contributed by atoms with E-state index in [1.807, 2.05) is 0 Å². The molecule has 0 aliphatic heterocycles. The molecule has 0 amide bonds. The molecular formula is C9H18O5S2. The largest absolute Gasteiger partial charge is 0.480 e. The van der Waals surface area contributed by atoms with Gasteiger partial charge in [-0.1, -0.05) is 6.92 Å². The summed E-state index contributed by atoms with van der Waals surface area (Å²) in [6.45, 7) is 4.41. The van der Waals surface area contributed by atoms with Crippen molar-refractivity contribution in [2.75, 3.05) is 17.3 Å². The summed E-state index contributed by atoms with van der Waals surface area (Å²) >= 11 is 0. The lowest BCUT2D eigenvalue weighted by Crippen LogP contribution is -2.39. The van der Waals surface area contributed by atoms with Gasteiger partial charge in [-0.15, -0.1) is 0 Å². The Morgan fingerprint density at radius 3 is 2.19 bits per heavy atom. The maximum atomic E-state index is 11.6. The topological polar surface area (TPSA) is 88.5 Å². The Morgan fingerprint density at radius 1 is 1.31 bits per heavy atom. The van der Waals surface area contributed by atoms with E-state index in [1.54, 1.807) is 6.92 Å². The Labute approximate surface area is 98.6 Å². The second-order valence-electron chi connectivity index (χ2n) is 4.02. The Kier molecular flexibility index (Phi) is 5.61. The SMILES string of the molecule is CCCS(=O)(=O)CCS(=O)C(C)(C)C(=O)O. The third-order valence-electron chi connectivity index (χ3n) is 2.18. The maximum absolute atomic E-state index is 11.6. The fraction of sp³-hybridized carbons (Fsp3) is 0.889. The van der Waals surface area contributed by atoms with Gasteiger partial charge < -0.3 is 5.11 Å². The number of carboxylic acid groups (broad SMARTS) is 1. The molecule has 0 radical (unpaired) electrons. The molecule has 0 saturated heterocycles. The Morgan fingerprint density at radius 2 is 1.81 bits per heavy atom. The van der Waals surface area contributed by atoms with Crippen LogP contribution in [0.15, 0.2) is 0 Å². The van der Waals surface area contributed by atoms with Crippen LogP contribution in [-0.2, 0) is 25.4 Å². The first-order valence-corrected chi connectivity index (χ1v) is 8.10. The molecule has 96 valence electrons. The minimum atomic E-state index is -3.20. The van der Waals surface area contributed by atoms with Crippen molar-refractivity contribution in [1.29, 1.82) is 0 Å². The summed E-state index contributed by atoms with van der Waals surface area (Å²) in [4.78, 5) is 10.8. The van der Waals surface area contributed by atoms with Gasteiger partial charge in [0.05, 0.1) is 5.75 Å². The van der Waals surface area contributed by atoms with Gasteiger partial charge in [-0.05, 0) is 20.3 Å². The molecule has 0 rings (SSSR count). The molecule has 1 atom stereocenters. The van der Waals surface area contributed by atoms with Crippen molar-refractivity contribution in [2.24, 2.45) is 0 Å². The van der Waals surface area contributed by atoms with Crippen LogP contribution in [0.1, 0.15) is 27.2 Å². The lowest BCUT2D eigenvalue weighted by atomic mass is 10.2. The lowest BCUT2D eigenvalue weighted by Gasteiger charge is -2.18. The molecule has 0 bridgehead atoms. The molecule has 0 aromatic heterocycles. The van der Waals surface area contributed by atoms with Gasteiger partial charge in [-0.25, -0.2) is 8.42 Å². The normalized spacial score (nSPS) is 14.7. The maximum Gasteiger partial charge on any atom is 0.321 e. The van der Waals surface area contributed by atoms with Crippen LogP contribution in [-0.4, -0.2) is 45.7 Å². The zero-order chi connectivity index (χ0) is 13.0. The van der Waals surface area contributed by atoms with E-state index in [9.17, 15) is 17.4 Å². The second kappa shape index (κ2) is 5.77. The van der Waals surface area contributed by atoms with Crippen LogP contribution in [0.4, 0.5) is 0 Å². The first-order valence-electron chi connectivity index (χ1n) is 4.95. The molecule has 0 saturated carbocycles. The summed E-state index contributed by atoms with van der Waals surface area (Å²) < 4.78 is 32.9. The highest BCUT2D eigenvalue weighted by molar-refractivity contribution is 7.93. The van der Waals surface area contributed by atoms with Gasteiger partial charge in [-0.2, -0.15) is 0 Å². The molecule has 0 fully saturated rings. The molecule has 7 heteroatoms. The highest BCUT2D eigenvalue weighted by atomic mass is 32.2. The summed E-state index contributed by atoms with van der Waals surface area (Å²) in [5, 5.41) is 8.80. The van der Waals surface area contributed by atoms with Crippen molar-refractivity contribution in [1.82, 2.24) is 0 Å². The Bertz CT molecular complexity index is 369. The first kappa shape index (κ1) is 15.6. The van der Waals surface area contributed by atoms with Gasteiger partial charge in [0.15, 0.2) is 9.84 Å². The summed E-state index contributed by atoms with van der Waals surface area (Å²) in [5.41, 5.74) is 0. The number of carboxylic acids is 1. The monoisotopic (exact) mass is 270 g/mol. The van der Waals surface area contributed by atoms with Crippen LogP contribution in [0.3, 0.4) is 0 Å². The van der Waals surface area contributed by atoms with Crippen molar-refractivity contribution < 1.29 is 22.5 Å². The number of aliphatic carboxylic acids is 1. The van der Waals surface area contributed by atoms with Crippen molar-refractivity contribution >= 4 is 26.6 Å². The average Bonchev–Trinajstić information content (AvgIpc) is 2.13. The van der Waals surface area contributed by atoms with E-state index in [0.29, 0.717) is 6.42 Å². The van der Waals surface area contributed by atoms with Crippen LogP contribution in [0.2, 0.25) is 0 Å². The summed E-state index contributed by atoms with van der Waals surface area (Å²) in [6.07, 6.45) is 0.511. The van der Waals surface area contributed by atoms with Crippen LogP contribution in [0.5, 0.6) is 0 Å². The van der Waals surface area contributed by atoms with Crippen LogP contribution >= 0.6 is 0 Å². The standard InChI is InChI=1S/C9H18O5S2/c1-4-6-16(13,14)7-5-15(12)9(2,3)8(10)11/h4-7H2,1-3H3,(H,10,11). The number of rotatable bonds is 7. The highest BCUT2D eigenvalue weighted by Gasteiger charge is 2.34. The second-order valence-corrected chi connectivity index (χ2v) is 8.44. The summed E-state index contributed by atoms with van der Waals surface area (Å²) in [7, 11) is -4.89. The minimum Gasteiger partial charge on any atom is -0.480 e. The predicted molar refractivity (Wildman–Crippen MR) is 63.7 cm³/mol. The number of carbonyl (C=O) groups is 1. The van der Waals surface area contributed by atoms with Crippen LogP contribution in [0.25, 0.3) is 0 Å². The molecule has 1 unspecified atom stereocenters. The molecule has 0 aromatic carbocycles. The van der Waals surface area contributed by atoms with Gasteiger partial charge >= 0.3 is 5.97 Å². The fourth-order valence-electron chi connectivity index (χ4n) is 0.968. The Balaban J connectivity index is 4.45. The van der Waals surface area contributed by atoms with E-state index < -0.39 is 31.4 Å². The van der Waals surface area contributed by atoms with Gasteiger partial charge in [0.25, 0.3) is 0 Å². The quantitative estimate of drug-likeness (QED) is 0.724. The summed E-state index contributed by atoms with van der Waals surface area (Å²) in [6, 6.07) is 0. The molecular weight excluding hydrogens is 252 g/mol. The van der Waals surface area contributed by atoms with E-state index in [1.165, 1.54) is 13.8 Å². The molecule has 0 heterocycles. The molecule has 0 aliphatic carbocycles. The number of sulfone groups is 1. The van der Waals surface area contributed by atoms with Crippen LogP contribution in [0, 0.1) is 0 Å². The molecule has 0 aliphatic rings. The Hall–Kier alpha value is -0.430. The average molecular weight is 270 g/mol. The van der Waals surface area contributed by atoms with E-state index in [2.05, 4.69) is 0 Å². The molecule has 5 nitrogen and oxygen atoms in total. The zero-order valence-electron chi connectivity index (χ0n) is 9.73.